The Labute approximate surface area is 187 Å². The molecule has 4 atom stereocenters. The largest absolute Gasteiger partial charge is 0.491 e. The lowest BCUT2D eigenvalue weighted by Gasteiger charge is -2.20. The van der Waals surface area contributed by atoms with Gasteiger partial charge in [-0.15, -0.1) is 0 Å². The van der Waals surface area contributed by atoms with E-state index in [2.05, 4.69) is 4.74 Å². The van der Waals surface area contributed by atoms with Gasteiger partial charge in [0.25, 0.3) is 0 Å². The highest BCUT2D eigenvalue weighted by Gasteiger charge is 2.33. The van der Waals surface area contributed by atoms with E-state index in [0.29, 0.717) is 12.8 Å². The Morgan fingerprint density at radius 3 is 2.69 bits per heavy atom. The fourth-order valence-corrected chi connectivity index (χ4v) is 4.10. The van der Waals surface area contributed by atoms with Crippen molar-refractivity contribution >= 4 is 5.97 Å². The maximum atomic E-state index is 12.8. The Bertz CT molecular complexity index is 735. The third-order valence-electron chi connectivity index (χ3n) is 5.90. The molecule has 0 saturated heterocycles. The second kappa shape index (κ2) is 12.8. The average Bonchev–Trinajstić information content (AvgIpc) is 3.11. The van der Waals surface area contributed by atoms with Crippen LogP contribution >= 0.6 is 0 Å². The Morgan fingerprint density at radius 2 is 1.97 bits per heavy atom. The number of hydrogen-bond donors (Lipinski definition) is 2. The molecule has 1 aromatic rings. The standard InChI is InChI=1S/C24H33F3O5/c1-31-23(30)10-5-3-2-4-9-21-17(12-14-22(21)29)11-13-19(28)16-32-20-8-6-7-18(15-20)24(25,26)27/h6-8,11,13,15,17,19,21-22,28-29H,2-5,9-10,12,14,16H2,1H3/b13-11+/t17?,19-,21-,22+/m1/s1. The van der Waals surface area contributed by atoms with Gasteiger partial charge in [-0.2, -0.15) is 13.2 Å². The lowest BCUT2D eigenvalue weighted by Crippen LogP contribution is -2.19. The van der Waals surface area contributed by atoms with Crippen molar-refractivity contribution in [3.63, 3.8) is 0 Å². The third-order valence-corrected chi connectivity index (χ3v) is 5.90. The molecule has 5 nitrogen and oxygen atoms in total. The van der Waals surface area contributed by atoms with Crippen molar-refractivity contribution in [2.24, 2.45) is 11.8 Å². The summed E-state index contributed by atoms with van der Waals surface area (Å²) in [5.41, 5.74) is -0.798. The number of benzene rings is 1. The van der Waals surface area contributed by atoms with Crippen LogP contribution in [0.15, 0.2) is 36.4 Å². The van der Waals surface area contributed by atoms with E-state index in [9.17, 15) is 28.2 Å². The number of methoxy groups -OCH3 is 1. The maximum Gasteiger partial charge on any atom is 0.416 e. The zero-order chi connectivity index (χ0) is 23.6. The topological polar surface area (TPSA) is 76.0 Å². The van der Waals surface area contributed by atoms with Gasteiger partial charge in [0.05, 0.1) is 18.8 Å². The van der Waals surface area contributed by atoms with E-state index in [1.165, 1.54) is 19.2 Å². The van der Waals surface area contributed by atoms with E-state index in [0.717, 1.165) is 50.7 Å². The second-order valence-electron chi connectivity index (χ2n) is 8.29. The highest BCUT2D eigenvalue weighted by Crippen LogP contribution is 2.37. The van der Waals surface area contributed by atoms with Gasteiger partial charge in [-0.25, -0.2) is 0 Å². The molecule has 2 rings (SSSR count). The van der Waals surface area contributed by atoms with Gasteiger partial charge in [0.2, 0.25) is 0 Å². The number of hydrogen-bond acceptors (Lipinski definition) is 5. The van der Waals surface area contributed by atoms with Crippen LogP contribution in [0.4, 0.5) is 13.2 Å². The first-order valence-corrected chi connectivity index (χ1v) is 11.1. The monoisotopic (exact) mass is 458 g/mol. The van der Waals surface area contributed by atoms with Crippen molar-refractivity contribution in [2.45, 2.75) is 69.8 Å². The number of unbranched alkanes of at least 4 members (excludes halogenated alkanes) is 3. The summed E-state index contributed by atoms with van der Waals surface area (Å²) < 4.78 is 48.2. The molecule has 0 amide bonds. The fourth-order valence-electron chi connectivity index (χ4n) is 4.10. The number of aliphatic hydroxyl groups excluding tert-OH is 2. The van der Waals surface area contributed by atoms with Crippen molar-refractivity contribution < 1.29 is 37.7 Å². The van der Waals surface area contributed by atoms with E-state index in [1.807, 2.05) is 6.08 Å². The molecule has 2 N–H and O–H groups in total. The van der Waals surface area contributed by atoms with Gasteiger partial charge in [0.15, 0.2) is 0 Å². The number of halogens is 3. The van der Waals surface area contributed by atoms with E-state index in [4.69, 9.17) is 4.74 Å². The zero-order valence-corrected chi connectivity index (χ0v) is 18.4. The van der Waals surface area contributed by atoms with Crippen molar-refractivity contribution in [2.75, 3.05) is 13.7 Å². The number of carbonyl (C=O) groups is 1. The van der Waals surface area contributed by atoms with Gasteiger partial charge in [-0.1, -0.05) is 37.5 Å². The van der Waals surface area contributed by atoms with Gasteiger partial charge >= 0.3 is 12.1 Å². The summed E-state index contributed by atoms with van der Waals surface area (Å²) in [7, 11) is 1.38. The molecular weight excluding hydrogens is 425 g/mol. The van der Waals surface area contributed by atoms with Crippen LogP contribution in [0.3, 0.4) is 0 Å². The lowest BCUT2D eigenvalue weighted by atomic mass is 9.88. The minimum atomic E-state index is -4.45. The van der Waals surface area contributed by atoms with Crippen LogP contribution in [0.5, 0.6) is 5.75 Å². The number of ether oxygens (including phenoxy) is 2. The maximum absolute atomic E-state index is 12.8. The van der Waals surface area contributed by atoms with E-state index < -0.39 is 17.8 Å². The molecule has 1 saturated carbocycles. The highest BCUT2D eigenvalue weighted by molar-refractivity contribution is 5.68. The molecule has 0 aliphatic heterocycles. The van der Waals surface area contributed by atoms with Crippen LogP contribution in [0.25, 0.3) is 0 Å². The van der Waals surface area contributed by atoms with Gasteiger partial charge in [0, 0.05) is 6.42 Å². The molecule has 1 aliphatic rings. The van der Waals surface area contributed by atoms with Gasteiger partial charge < -0.3 is 19.7 Å². The first kappa shape index (κ1) is 26.2. The Balaban J connectivity index is 1.75. The van der Waals surface area contributed by atoms with Crippen LogP contribution < -0.4 is 4.74 Å². The molecule has 1 aliphatic carbocycles. The molecule has 1 unspecified atom stereocenters. The van der Waals surface area contributed by atoms with Crippen molar-refractivity contribution in [3.8, 4) is 5.75 Å². The van der Waals surface area contributed by atoms with Crippen LogP contribution in [0.2, 0.25) is 0 Å². The van der Waals surface area contributed by atoms with Crippen molar-refractivity contribution in [1.82, 2.24) is 0 Å². The van der Waals surface area contributed by atoms with Gasteiger partial charge in [0.1, 0.15) is 18.5 Å². The average molecular weight is 459 g/mol. The predicted molar refractivity (Wildman–Crippen MR) is 114 cm³/mol. The number of alkyl halides is 3. The highest BCUT2D eigenvalue weighted by atomic mass is 19.4. The molecule has 180 valence electrons. The summed E-state index contributed by atoms with van der Waals surface area (Å²) in [6, 6.07) is 4.55. The number of carbonyl (C=O) groups excluding carboxylic acids is 1. The molecule has 8 heteroatoms. The van der Waals surface area contributed by atoms with E-state index >= 15 is 0 Å². The first-order valence-electron chi connectivity index (χ1n) is 11.1. The zero-order valence-electron chi connectivity index (χ0n) is 18.4. The second-order valence-corrected chi connectivity index (χ2v) is 8.29. The van der Waals surface area contributed by atoms with Crippen LogP contribution in [0.1, 0.15) is 56.9 Å². The first-order chi connectivity index (χ1) is 15.2. The number of rotatable bonds is 12. The summed E-state index contributed by atoms with van der Waals surface area (Å²) in [5, 5.41) is 20.5. The van der Waals surface area contributed by atoms with Crippen LogP contribution in [-0.2, 0) is 15.7 Å². The summed E-state index contributed by atoms with van der Waals surface area (Å²) in [5.74, 6) is 0.109. The molecule has 0 bridgehead atoms. The Hall–Kier alpha value is -2.06. The Morgan fingerprint density at radius 1 is 1.22 bits per heavy atom. The van der Waals surface area contributed by atoms with Gasteiger partial charge in [-0.05, 0) is 55.7 Å². The minimum Gasteiger partial charge on any atom is -0.491 e. The quantitative estimate of drug-likeness (QED) is 0.265. The summed E-state index contributed by atoms with van der Waals surface area (Å²) >= 11 is 0. The molecule has 0 radical (unpaired) electrons. The smallest absolute Gasteiger partial charge is 0.416 e. The molecule has 1 aromatic carbocycles. The molecule has 1 fully saturated rings. The SMILES string of the molecule is COC(=O)CCCCCC[C@@H]1C(/C=C/[C@@H](O)COc2cccc(C(F)(F)F)c2)CC[C@@H]1O. The Kier molecular flexibility index (Phi) is 10.5. The van der Waals surface area contributed by atoms with Crippen molar-refractivity contribution in [1.29, 1.82) is 0 Å². The summed E-state index contributed by atoms with van der Waals surface area (Å²) in [6.07, 6.45) is 4.18. The normalized spacial score (nSPS) is 22.2. The van der Waals surface area contributed by atoms with E-state index in [-0.39, 0.29) is 36.3 Å². The molecule has 0 aromatic heterocycles. The fraction of sp³-hybridized carbons (Fsp3) is 0.625. The summed E-state index contributed by atoms with van der Waals surface area (Å²) in [6.45, 7) is -0.155. The number of aliphatic hydroxyl groups is 2. The third kappa shape index (κ3) is 8.82. The molecule has 0 spiro atoms. The molecule has 32 heavy (non-hydrogen) atoms. The lowest BCUT2D eigenvalue weighted by molar-refractivity contribution is -0.140. The van der Waals surface area contributed by atoms with E-state index in [1.54, 1.807) is 6.08 Å². The minimum absolute atomic E-state index is 0.0497. The predicted octanol–water partition coefficient (Wildman–Crippen LogP) is 4.90. The van der Waals surface area contributed by atoms with Crippen molar-refractivity contribution in [3.05, 3.63) is 42.0 Å². The van der Waals surface area contributed by atoms with Crippen LogP contribution in [-0.4, -0.2) is 42.1 Å². The number of allylic oxidation sites excluding steroid dienone is 1. The van der Waals surface area contributed by atoms with Gasteiger partial charge in [-0.3, -0.25) is 4.79 Å². The molecular formula is C24H33F3O5. The number of esters is 1. The summed E-state index contributed by atoms with van der Waals surface area (Å²) in [4.78, 5) is 11.1. The van der Waals surface area contributed by atoms with Crippen LogP contribution in [0, 0.1) is 11.8 Å². The molecule has 0 heterocycles.